The lowest BCUT2D eigenvalue weighted by Crippen LogP contribution is -2.38. The Hall–Kier alpha value is -2.79. The normalized spacial score (nSPS) is 10.4. The Kier molecular flexibility index (Phi) is 5.36. The van der Waals surface area contributed by atoms with Gasteiger partial charge in [-0.2, -0.15) is 0 Å². The number of imide groups is 1. The van der Waals surface area contributed by atoms with Crippen LogP contribution in [0.2, 0.25) is 0 Å². The summed E-state index contributed by atoms with van der Waals surface area (Å²) in [5.74, 6) is -0.318. The maximum absolute atomic E-state index is 12.3. The number of benzene rings is 3. The minimum atomic E-state index is -0.431. The summed E-state index contributed by atoms with van der Waals surface area (Å²) >= 11 is 1.27. The monoisotopic (exact) mass is 350 g/mol. The number of carbonyl (C=O) groups is 2. The first-order valence-electron chi connectivity index (χ1n) is 7.90. The van der Waals surface area contributed by atoms with Crippen molar-refractivity contribution in [1.82, 2.24) is 9.62 Å². The predicted octanol–water partition coefficient (Wildman–Crippen LogP) is 4.26. The molecule has 0 aromatic heterocycles. The molecule has 0 unspecified atom stereocenters. The molecule has 3 amide bonds. The number of rotatable bonds is 4. The Bertz CT molecular complexity index is 891. The summed E-state index contributed by atoms with van der Waals surface area (Å²) in [7, 11) is 1.64. The van der Waals surface area contributed by atoms with E-state index in [-0.39, 0.29) is 12.3 Å². The molecule has 25 heavy (non-hydrogen) atoms. The number of urea groups is 1. The average Bonchev–Trinajstić information content (AvgIpc) is 2.63. The molecule has 0 spiro atoms. The second-order valence-electron chi connectivity index (χ2n) is 5.57. The maximum atomic E-state index is 12.3. The van der Waals surface area contributed by atoms with Crippen LogP contribution in [0.15, 0.2) is 77.7 Å². The van der Waals surface area contributed by atoms with Crippen LogP contribution in [-0.2, 0) is 11.2 Å². The molecule has 4 nitrogen and oxygen atoms in total. The third-order valence-corrected chi connectivity index (χ3v) is 4.67. The molecule has 0 heterocycles. The van der Waals surface area contributed by atoms with Crippen molar-refractivity contribution in [2.24, 2.45) is 0 Å². The van der Waals surface area contributed by atoms with Gasteiger partial charge in [0, 0.05) is 11.9 Å². The van der Waals surface area contributed by atoms with Crippen LogP contribution < -0.4 is 5.32 Å². The summed E-state index contributed by atoms with van der Waals surface area (Å²) in [4.78, 5) is 25.4. The van der Waals surface area contributed by atoms with Gasteiger partial charge >= 0.3 is 6.03 Å². The van der Waals surface area contributed by atoms with Gasteiger partial charge in [-0.15, -0.1) is 0 Å². The van der Waals surface area contributed by atoms with E-state index < -0.39 is 6.03 Å². The van der Waals surface area contributed by atoms with Crippen molar-refractivity contribution in [3.63, 3.8) is 0 Å². The number of nitrogens with one attached hydrogen (secondary N) is 1. The first-order valence-corrected chi connectivity index (χ1v) is 8.68. The molecule has 3 aromatic carbocycles. The van der Waals surface area contributed by atoms with Crippen LogP contribution in [0.1, 0.15) is 5.56 Å². The van der Waals surface area contributed by atoms with E-state index in [9.17, 15) is 9.59 Å². The molecule has 0 saturated carbocycles. The van der Waals surface area contributed by atoms with E-state index in [0.717, 1.165) is 21.2 Å². The van der Waals surface area contributed by atoms with Gasteiger partial charge in [-0.3, -0.25) is 14.4 Å². The first kappa shape index (κ1) is 17.0. The van der Waals surface area contributed by atoms with Crippen molar-refractivity contribution >= 4 is 34.7 Å². The highest BCUT2D eigenvalue weighted by molar-refractivity contribution is 7.97. The van der Waals surface area contributed by atoms with Crippen LogP contribution in [0.25, 0.3) is 10.8 Å². The van der Waals surface area contributed by atoms with E-state index >= 15 is 0 Å². The molecular weight excluding hydrogens is 332 g/mol. The van der Waals surface area contributed by atoms with Crippen molar-refractivity contribution in [1.29, 1.82) is 0 Å². The second kappa shape index (κ2) is 7.85. The van der Waals surface area contributed by atoms with E-state index in [1.54, 1.807) is 7.05 Å². The molecule has 3 aromatic rings. The van der Waals surface area contributed by atoms with Gasteiger partial charge in [0.15, 0.2) is 0 Å². The largest absolute Gasteiger partial charge is 0.334 e. The van der Waals surface area contributed by atoms with Gasteiger partial charge in [0.1, 0.15) is 0 Å². The van der Waals surface area contributed by atoms with E-state index in [1.807, 2.05) is 72.8 Å². The van der Waals surface area contributed by atoms with Gasteiger partial charge in [0.25, 0.3) is 0 Å². The average molecular weight is 350 g/mol. The SMILES string of the molecule is CN(Sc1ccccc1)C(=O)NC(=O)Cc1cccc2ccccc12. The molecule has 0 bridgehead atoms. The van der Waals surface area contributed by atoms with Gasteiger partial charge in [-0.05, 0) is 40.4 Å². The fourth-order valence-electron chi connectivity index (χ4n) is 2.54. The van der Waals surface area contributed by atoms with Crippen molar-refractivity contribution < 1.29 is 9.59 Å². The molecule has 0 atom stereocenters. The molecule has 126 valence electrons. The maximum Gasteiger partial charge on any atom is 0.334 e. The Balaban J connectivity index is 1.62. The highest BCUT2D eigenvalue weighted by atomic mass is 32.2. The fourth-order valence-corrected chi connectivity index (χ4v) is 3.27. The molecular formula is C20H18N2O2S. The van der Waals surface area contributed by atoms with Crippen molar-refractivity contribution in [3.05, 3.63) is 78.4 Å². The molecule has 5 heteroatoms. The summed E-state index contributed by atoms with van der Waals surface area (Å²) in [6.07, 6.45) is 0.164. The minimum Gasteiger partial charge on any atom is -0.277 e. The highest BCUT2D eigenvalue weighted by Gasteiger charge is 2.15. The number of fused-ring (bicyclic) bond motifs is 1. The van der Waals surface area contributed by atoms with Gasteiger partial charge in [0.2, 0.25) is 5.91 Å². The van der Waals surface area contributed by atoms with E-state index in [1.165, 1.54) is 16.3 Å². The van der Waals surface area contributed by atoms with Crippen molar-refractivity contribution in [2.75, 3.05) is 7.05 Å². The number of hydrogen-bond donors (Lipinski definition) is 1. The molecule has 0 radical (unpaired) electrons. The van der Waals surface area contributed by atoms with Gasteiger partial charge in [0.05, 0.1) is 6.42 Å². The zero-order chi connectivity index (χ0) is 17.6. The molecule has 0 saturated heterocycles. The van der Waals surface area contributed by atoms with Crippen molar-refractivity contribution in [2.45, 2.75) is 11.3 Å². The molecule has 1 N–H and O–H groups in total. The summed E-state index contributed by atoms with van der Waals surface area (Å²) < 4.78 is 1.41. The summed E-state index contributed by atoms with van der Waals surface area (Å²) in [5, 5.41) is 4.55. The minimum absolute atomic E-state index is 0.164. The Morgan fingerprint density at radius 3 is 2.40 bits per heavy atom. The third kappa shape index (κ3) is 4.39. The Labute approximate surface area is 151 Å². The Morgan fingerprint density at radius 2 is 1.60 bits per heavy atom. The number of hydrogen-bond acceptors (Lipinski definition) is 3. The second-order valence-corrected chi connectivity index (χ2v) is 6.77. The molecule has 0 aliphatic carbocycles. The van der Waals surface area contributed by atoms with Gasteiger partial charge in [-0.1, -0.05) is 60.7 Å². The molecule has 0 aliphatic heterocycles. The standard InChI is InChI=1S/C20H18N2O2S/c1-22(25-17-11-3-2-4-12-17)20(24)21-19(23)14-16-10-7-9-15-8-5-6-13-18(15)16/h2-13H,14H2,1H3,(H,21,23,24). The van der Waals surface area contributed by atoms with Gasteiger partial charge in [-0.25, -0.2) is 4.79 Å². The summed E-state index contributed by atoms with van der Waals surface area (Å²) in [6, 6.07) is 22.8. The highest BCUT2D eigenvalue weighted by Crippen LogP contribution is 2.21. The summed E-state index contributed by atoms with van der Waals surface area (Å²) in [6.45, 7) is 0. The van der Waals surface area contributed by atoms with Crippen LogP contribution in [0.5, 0.6) is 0 Å². The van der Waals surface area contributed by atoms with Crippen molar-refractivity contribution in [3.8, 4) is 0 Å². The fraction of sp³-hybridized carbons (Fsp3) is 0.100. The predicted molar refractivity (Wildman–Crippen MR) is 101 cm³/mol. The number of amides is 3. The zero-order valence-electron chi connectivity index (χ0n) is 13.8. The zero-order valence-corrected chi connectivity index (χ0v) is 14.6. The third-order valence-electron chi connectivity index (χ3n) is 3.75. The van der Waals surface area contributed by atoms with Gasteiger partial charge < -0.3 is 0 Å². The van der Waals surface area contributed by atoms with Crippen LogP contribution in [0.4, 0.5) is 4.79 Å². The number of nitrogens with zero attached hydrogens (tertiary/aromatic N) is 1. The number of carbonyl (C=O) groups excluding carboxylic acids is 2. The molecule has 0 aliphatic rings. The Morgan fingerprint density at radius 1 is 0.920 bits per heavy atom. The topological polar surface area (TPSA) is 49.4 Å². The lowest BCUT2D eigenvalue weighted by Gasteiger charge is -2.16. The smallest absolute Gasteiger partial charge is 0.277 e. The molecule has 3 rings (SSSR count). The van der Waals surface area contributed by atoms with Crippen LogP contribution >= 0.6 is 11.9 Å². The first-order chi connectivity index (χ1) is 12.1. The lowest BCUT2D eigenvalue weighted by atomic mass is 10.0. The van der Waals surface area contributed by atoms with E-state index in [0.29, 0.717) is 0 Å². The van der Waals surface area contributed by atoms with E-state index in [2.05, 4.69) is 5.32 Å². The lowest BCUT2D eigenvalue weighted by molar-refractivity contribution is -0.119. The van der Waals surface area contributed by atoms with Crippen LogP contribution in [0, 0.1) is 0 Å². The summed E-state index contributed by atoms with van der Waals surface area (Å²) in [5.41, 5.74) is 0.904. The van der Waals surface area contributed by atoms with E-state index in [4.69, 9.17) is 0 Å². The van der Waals surface area contributed by atoms with Crippen LogP contribution in [-0.4, -0.2) is 23.3 Å². The molecule has 0 fully saturated rings. The van der Waals surface area contributed by atoms with Crippen LogP contribution in [0.3, 0.4) is 0 Å². The quantitative estimate of drug-likeness (QED) is 0.715.